The Balaban J connectivity index is 2.20. The van der Waals surface area contributed by atoms with E-state index < -0.39 is 5.97 Å². The van der Waals surface area contributed by atoms with Crippen molar-refractivity contribution in [1.29, 1.82) is 0 Å². The van der Waals surface area contributed by atoms with Crippen LogP contribution >= 0.6 is 0 Å². The number of hydrogen-bond donors (Lipinski definition) is 2. The average Bonchev–Trinajstić information content (AvgIpc) is 2.93. The van der Waals surface area contributed by atoms with Crippen LogP contribution in [-0.2, 0) is 17.6 Å². The molecule has 0 amide bonds. The summed E-state index contributed by atoms with van der Waals surface area (Å²) in [6.07, 6.45) is 0.218. The molecule has 0 fully saturated rings. The summed E-state index contributed by atoms with van der Waals surface area (Å²) in [5.74, 6) is -1.05. The second-order valence-electron chi connectivity index (χ2n) is 5.95. The summed E-state index contributed by atoms with van der Waals surface area (Å²) in [6, 6.07) is 10.3. The fourth-order valence-corrected chi connectivity index (χ4v) is 3.00. The van der Waals surface area contributed by atoms with Crippen molar-refractivity contribution in [3.63, 3.8) is 0 Å². The van der Waals surface area contributed by atoms with Gasteiger partial charge in [-0.15, -0.1) is 0 Å². The molecule has 0 aliphatic heterocycles. The van der Waals surface area contributed by atoms with E-state index in [4.69, 9.17) is 9.52 Å². The van der Waals surface area contributed by atoms with Gasteiger partial charge in [-0.1, -0.05) is 25.1 Å². The molecule has 5 nitrogen and oxygen atoms in total. The first-order chi connectivity index (χ1) is 11.9. The minimum Gasteiger partial charge on any atom is -0.507 e. The number of phenols is 1. The Kier molecular flexibility index (Phi) is 4.31. The summed E-state index contributed by atoms with van der Waals surface area (Å²) in [7, 11) is 0. The number of ketones is 1. The molecule has 0 atom stereocenters. The molecular formula is C20H18O5. The van der Waals surface area contributed by atoms with Crippen LogP contribution in [0, 0.1) is 6.92 Å². The zero-order chi connectivity index (χ0) is 18.1. The van der Waals surface area contributed by atoms with Crippen molar-refractivity contribution in [2.24, 2.45) is 0 Å². The number of carbonyl (C=O) groups excluding carboxylic acids is 1. The van der Waals surface area contributed by atoms with Gasteiger partial charge in [-0.2, -0.15) is 0 Å². The van der Waals surface area contributed by atoms with Crippen molar-refractivity contribution in [1.82, 2.24) is 0 Å². The van der Waals surface area contributed by atoms with Crippen LogP contribution in [0.15, 0.2) is 40.8 Å². The molecular weight excluding hydrogens is 320 g/mol. The van der Waals surface area contributed by atoms with E-state index in [1.165, 1.54) is 0 Å². The van der Waals surface area contributed by atoms with E-state index in [9.17, 15) is 14.7 Å². The number of phenolic OH excluding ortho intramolecular Hbond substituents is 1. The molecule has 0 radical (unpaired) electrons. The van der Waals surface area contributed by atoms with Gasteiger partial charge in [0.15, 0.2) is 5.78 Å². The van der Waals surface area contributed by atoms with Gasteiger partial charge >= 0.3 is 5.97 Å². The standard InChI is InChI=1S/C20H18O5/c1-3-12-9-13(8-11(2)19(12)23)20(24)18-14-6-4-5-7-15(14)25-16(18)10-17(21)22/h4-9,23H,3,10H2,1-2H3,(H,21,22). The molecule has 0 bridgehead atoms. The van der Waals surface area contributed by atoms with Gasteiger partial charge in [0.05, 0.1) is 5.56 Å². The number of furan rings is 1. The summed E-state index contributed by atoms with van der Waals surface area (Å²) in [4.78, 5) is 24.3. The van der Waals surface area contributed by atoms with Gasteiger partial charge in [0.25, 0.3) is 0 Å². The highest BCUT2D eigenvalue weighted by Gasteiger charge is 2.24. The third-order valence-corrected chi connectivity index (χ3v) is 4.23. The maximum absolute atomic E-state index is 13.1. The predicted molar refractivity (Wildman–Crippen MR) is 93.2 cm³/mol. The highest BCUT2D eigenvalue weighted by molar-refractivity contribution is 6.17. The van der Waals surface area contributed by atoms with Crippen LogP contribution in [-0.4, -0.2) is 22.0 Å². The van der Waals surface area contributed by atoms with E-state index in [0.29, 0.717) is 34.1 Å². The van der Waals surface area contributed by atoms with Gasteiger partial charge in [0, 0.05) is 10.9 Å². The van der Waals surface area contributed by atoms with Crippen molar-refractivity contribution < 1.29 is 24.2 Å². The number of carbonyl (C=O) groups is 2. The smallest absolute Gasteiger partial charge is 0.311 e. The molecule has 2 aromatic carbocycles. The first-order valence-electron chi connectivity index (χ1n) is 8.01. The number of benzene rings is 2. The lowest BCUT2D eigenvalue weighted by atomic mass is 9.95. The fraction of sp³-hybridized carbons (Fsp3) is 0.200. The molecule has 25 heavy (non-hydrogen) atoms. The molecule has 0 unspecified atom stereocenters. The SMILES string of the molecule is CCc1cc(C(=O)c2c(CC(=O)O)oc3ccccc23)cc(C)c1O. The Morgan fingerprint density at radius 3 is 2.56 bits per heavy atom. The van der Waals surface area contributed by atoms with Gasteiger partial charge < -0.3 is 14.6 Å². The Morgan fingerprint density at radius 2 is 1.88 bits per heavy atom. The molecule has 2 N–H and O–H groups in total. The molecule has 0 aliphatic carbocycles. The molecule has 0 saturated heterocycles. The number of carboxylic acids is 1. The highest BCUT2D eigenvalue weighted by atomic mass is 16.4. The van der Waals surface area contributed by atoms with Crippen LogP contribution in [0.25, 0.3) is 11.0 Å². The van der Waals surface area contributed by atoms with Gasteiger partial charge in [-0.05, 0) is 42.7 Å². The molecule has 0 aliphatic rings. The van der Waals surface area contributed by atoms with E-state index in [1.807, 2.05) is 6.92 Å². The summed E-state index contributed by atoms with van der Waals surface area (Å²) in [5.41, 5.74) is 2.44. The van der Waals surface area contributed by atoms with E-state index in [0.717, 1.165) is 0 Å². The number of para-hydroxylation sites is 1. The van der Waals surface area contributed by atoms with E-state index in [2.05, 4.69) is 0 Å². The third kappa shape index (κ3) is 3.01. The molecule has 3 rings (SSSR count). The van der Waals surface area contributed by atoms with Crippen molar-refractivity contribution in [3.8, 4) is 5.75 Å². The lowest BCUT2D eigenvalue weighted by Gasteiger charge is -2.09. The maximum Gasteiger partial charge on any atom is 0.311 e. The molecule has 1 heterocycles. The number of hydrogen-bond acceptors (Lipinski definition) is 4. The molecule has 3 aromatic rings. The minimum atomic E-state index is -1.07. The Bertz CT molecular complexity index is 981. The highest BCUT2D eigenvalue weighted by Crippen LogP contribution is 2.31. The Morgan fingerprint density at radius 1 is 1.16 bits per heavy atom. The number of fused-ring (bicyclic) bond motifs is 1. The number of rotatable bonds is 5. The van der Waals surface area contributed by atoms with Gasteiger partial charge in [0.2, 0.25) is 0 Å². The molecule has 1 aromatic heterocycles. The number of carboxylic acid groups (broad SMARTS) is 1. The molecule has 0 spiro atoms. The molecule has 128 valence electrons. The van der Waals surface area contributed by atoms with E-state index in [1.54, 1.807) is 43.3 Å². The van der Waals surface area contributed by atoms with E-state index >= 15 is 0 Å². The van der Waals surface area contributed by atoms with Crippen molar-refractivity contribution >= 4 is 22.7 Å². The first kappa shape index (κ1) is 16.8. The Labute approximate surface area is 144 Å². The molecule has 5 heteroatoms. The van der Waals surface area contributed by atoms with E-state index in [-0.39, 0.29) is 29.3 Å². The Hall–Kier alpha value is -3.08. The van der Waals surface area contributed by atoms with Crippen LogP contribution in [0.4, 0.5) is 0 Å². The average molecular weight is 338 g/mol. The summed E-state index contributed by atoms with van der Waals surface area (Å²) in [6.45, 7) is 3.63. The first-order valence-corrected chi connectivity index (χ1v) is 8.01. The quantitative estimate of drug-likeness (QED) is 0.690. The van der Waals surface area contributed by atoms with Crippen molar-refractivity contribution in [3.05, 3.63) is 64.4 Å². The lowest BCUT2D eigenvalue weighted by Crippen LogP contribution is -2.08. The topological polar surface area (TPSA) is 87.7 Å². The van der Waals surface area contributed by atoms with Crippen LogP contribution < -0.4 is 0 Å². The predicted octanol–water partition coefficient (Wildman–Crippen LogP) is 3.87. The maximum atomic E-state index is 13.1. The summed E-state index contributed by atoms with van der Waals surface area (Å²) < 4.78 is 5.61. The summed E-state index contributed by atoms with van der Waals surface area (Å²) >= 11 is 0. The van der Waals surface area contributed by atoms with Crippen LogP contribution in [0.1, 0.15) is 39.7 Å². The zero-order valence-electron chi connectivity index (χ0n) is 14.0. The zero-order valence-corrected chi connectivity index (χ0v) is 14.0. The number of aryl methyl sites for hydroxylation is 2. The summed E-state index contributed by atoms with van der Waals surface area (Å²) in [5, 5.41) is 19.8. The fourth-order valence-electron chi connectivity index (χ4n) is 3.00. The number of aliphatic carboxylic acids is 1. The normalized spacial score (nSPS) is 11.0. The van der Waals surface area contributed by atoms with Crippen LogP contribution in [0.3, 0.4) is 0 Å². The monoisotopic (exact) mass is 338 g/mol. The van der Waals surface area contributed by atoms with Crippen molar-refractivity contribution in [2.75, 3.05) is 0 Å². The number of aromatic hydroxyl groups is 1. The lowest BCUT2D eigenvalue weighted by molar-refractivity contribution is -0.136. The van der Waals surface area contributed by atoms with Gasteiger partial charge in [-0.3, -0.25) is 9.59 Å². The second kappa shape index (κ2) is 6.43. The van der Waals surface area contributed by atoms with Crippen molar-refractivity contribution in [2.45, 2.75) is 26.7 Å². The van der Waals surface area contributed by atoms with Gasteiger partial charge in [0.1, 0.15) is 23.5 Å². The largest absolute Gasteiger partial charge is 0.507 e. The van der Waals surface area contributed by atoms with Crippen LogP contribution in [0.2, 0.25) is 0 Å². The van der Waals surface area contributed by atoms with Gasteiger partial charge in [-0.25, -0.2) is 0 Å². The van der Waals surface area contributed by atoms with Crippen LogP contribution in [0.5, 0.6) is 5.75 Å². The minimum absolute atomic E-state index is 0.141. The third-order valence-electron chi connectivity index (χ3n) is 4.23. The second-order valence-corrected chi connectivity index (χ2v) is 5.95. The molecule has 0 saturated carbocycles.